The van der Waals surface area contributed by atoms with Crippen LogP contribution in [0.3, 0.4) is 0 Å². The molecule has 0 N–H and O–H groups in total. The molecule has 0 saturated carbocycles. The van der Waals surface area contributed by atoms with Crippen molar-refractivity contribution >= 4 is 9.84 Å². The predicted molar refractivity (Wildman–Crippen MR) is 81.9 cm³/mol. The Labute approximate surface area is 138 Å². The Morgan fingerprint density at radius 3 is 2.71 bits per heavy atom. The van der Waals surface area contributed by atoms with Crippen molar-refractivity contribution in [2.75, 3.05) is 12.4 Å². The van der Waals surface area contributed by atoms with E-state index in [1.165, 1.54) is 37.3 Å². The molecule has 1 aromatic heterocycles. The van der Waals surface area contributed by atoms with Crippen LogP contribution in [-0.4, -0.2) is 40.3 Å². The lowest BCUT2D eigenvalue weighted by Crippen LogP contribution is -2.61. The summed E-state index contributed by atoms with van der Waals surface area (Å²) in [5, 5.41) is 3.98. The van der Waals surface area contributed by atoms with Crippen LogP contribution in [0.25, 0.3) is 0 Å². The molecular formula is C15H17F2N3O3S. The average molecular weight is 357 g/mol. The number of halogens is 2. The average Bonchev–Trinajstić information content (AvgIpc) is 2.97. The molecule has 0 spiro atoms. The highest BCUT2D eigenvalue weighted by atomic mass is 32.2. The number of nitrogens with zero attached hydrogens (tertiary/aromatic N) is 3. The van der Waals surface area contributed by atoms with Crippen molar-refractivity contribution < 1.29 is 21.9 Å². The van der Waals surface area contributed by atoms with Crippen molar-refractivity contribution in [3.63, 3.8) is 0 Å². The van der Waals surface area contributed by atoms with Crippen molar-refractivity contribution in [2.24, 2.45) is 0 Å². The zero-order valence-electron chi connectivity index (χ0n) is 13.2. The molecule has 2 aromatic rings. The van der Waals surface area contributed by atoms with Crippen LogP contribution in [0.5, 0.6) is 0 Å². The summed E-state index contributed by atoms with van der Waals surface area (Å²) in [6, 6.07) is 3.03. The minimum absolute atomic E-state index is 0.0207. The molecule has 1 atom stereocenters. The van der Waals surface area contributed by atoms with Gasteiger partial charge in [-0.2, -0.15) is 5.10 Å². The standard InChI is InChI=1S/C15H17F2N3O3S/c1-14(2)15(8-20-10-18-9-19-20,23-5-6-24(14,21)22)12-4-3-11(16)7-13(12)17/h3-4,7,9-10H,5-6,8H2,1-2H3/t15-/m0/s1. The lowest BCUT2D eigenvalue weighted by Gasteiger charge is -2.48. The highest BCUT2D eigenvalue weighted by Gasteiger charge is 2.59. The summed E-state index contributed by atoms with van der Waals surface area (Å²) in [6.07, 6.45) is 2.68. The molecule has 0 amide bonds. The van der Waals surface area contributed by atoms with E-state index in [0.29, 0.717) is 0 Å². The van der Waals surface area contributed by atoms with E-state index in [4.69, 9.17) is 4.74 Å². The van der Waals surface area contributed by atoms with Gasteiger partial charge in [0.25, 0.3) is 0 Å². The quantitative estimate of drug-likeness (QED) is 0.835. The Kier molecular flexibility index (Phi) is 3.95. The molecule has 3 rings (SSSR count). The lowest BCUT2D eigenvalue weighted by molar-refractivity contribution is -0.0931. The van der Waals surface area contributed by atoms with Gasteiger partial charge in [0.1, 0.15) is 34.6 Å². The first-order chi connectivity index (χ1) is 11.2. The lowest BCUT2D eigenvalue weighted by atomic mass is 9.81. The molecule has 1 fully saturated rings. The predicted octanol–water partition coefficient (Wildman–Crippen LogP) is 1.68. The minimum Gasteiger partial charge on any atom is -0.366 e. The smallest absolute Gasteiger partial charge is 0.160 e. The first-order valence-corrected chi connectivity index (χ1v) is 8.99. The monoisotopic (exact) mass is 357 g/mol. The second-order valence-corrected chi connectivity index (χ2v) is 8.88. The third-order valence-electron chi connectivity index (χ3n) is 4.67. The topological polar surface area (TPSA) is 74.1 Å². The Bertz CT molecular complexity index is 853. The van der Waals surface area contributed by atoms with Gasteiger partial charge in [-0.1, -0.05) is 6.07 Å². The first-order valence-electron chi connectivity index (χ1n) is 7.34. The van der Waals surface area contributed by atoms with E-state index < -0.39 is 31.8 Å². The fraction of sp³-hybridized carbons (Fsp3) is 0.467. The fourth-order valence-electron chi connectivity index (χ4n) is 3.09. The van der Waals surface area contributed by atoms with Crippen LogP contribution in [0, 0.1) is 11.6 Å². The van der Waals surface area contributed by atoms with Gasteiger partial charge >= 0.3 is 0 Å². The molecule has 1 saturated heterocycles. The maximum atomic E-state index is 14.5. The van der Waals surface area contributed by atoms with E-state index in [1.807, 2.05) is 0 Å². The largest absolute Gasteiger partial charge is 0.366 e. The van der Waals surface area contributed by atoms with Gasteiger partial charge in [-0.3, -0.25) is 0 Å². The van der Waals surface area contributed by atoms with Crippen molar-refractivity contribution in [1.29, 1.82) is 0 Å². The van der Waals surface area contributed by atoms with E-state index in [0.717, 1.165) is 12.1 Å². The zero-order chi connectivity index (χ0) is 17.6. The van der Waals surface area contributed by atoms with Crippen LogP contribution in [0.2, 0.25) is 0 Å². The molecule has 9 heteroatoms. The Morgan fingerprint density at radius 2 is 2.08 bits per heavy atom. The molecular weight excluding hydrogens is 340 g/mol. The number of hydrogen-bond donors (Lipinski definition) is 0. The van der Waals surface area contributed by atoms with E-state index in [-0.39, 0.29) is 24.5 Å². The Morgan fingerprint density at radius 1 is 1.33 bits per heavy atom. The number of sulfone groups is 1. The second-order valence-electron chi connectivity index (χ2n) is 6.22. The summed E-state index contributed by atoms with van der Waals surface area (Å²) in [7, 11) is -3.59. The van der Waals surface area contributed by atoms with Gasteiger partial charge in [0.15, 0.2) is 9.84 Å². The molecule has 6 nitrogen and oxygen atoms in total. The molecule has 130 valence electrons. The number of benzene rings is 1. The molecule has 0 aliphatic carbocycles. The molecule has 0 unspecified atom stereocenters. The third-order valence-corrected chi connectivity index (χ3v) is 7.26. The van der Waals surface area contributed by atoms with Gasteiger partial charge in [0.2, 0.25) is 0 Å². The van der Waals surface area contributed by atoms with Gasteiger partial charge in [-0.15, -0.1) is 0 Å². The van der Waals surface area contributed by atoms with Crippen LogP contribution in [-0.2, 0) is 26.7 Å². The number of rotatable bonds is 3. The molecule has 1 aliphatic rings. The van der Waals surface area contributed by atoms with E-state index in [9.17, 15) is 17.2 Å². The van der Waals surface area contributed by atoms with Crippen LogP contribution >= 0.6 is 0 Å². The maximum absolute atomic E-state index is 14.5. The molecule has 1 aromatic carbocycles. The van der Waals surface area contributed by atoms with Gasteiger partial charge in [-0.05, 0) is 19.9 Å². The number of hydrogen-bond acceptors (Lipinski definition) is 5. The summed E-state index contributed by atoms with van der Waals surface area (Å²) < 4.78 is 59.0. The fourth-order valence-corrected chi connectivity index (χ4v) is 4.64. The van der Waals surface area contributed by atoms with Crippen LogP contribution < -0.4 is 0 Å². The minimum atomic E-state index is -3.59. The maximum Gasteiger partial charge on any atom is 0.160 e. The van der Waals surface area contributed by atoms with Crippen molar-refractivity contribution in [3.8, 4) is 0 Å². The van der Waals surface area contributed by atoms with E-state index >= 15 is 0 Å². The SMILES string of the molecule is CC1(C)[C@](Cn2cncn2)(c2ccc(F)cc2F)OCCS1(=O)=O. The number of aromatic nitrogens is 3. The molecule has 1 aliphatic heterocycles. The van der Waals surface area contributed by atoms with Crippen LogP contribution in [0.15, 0.2) is 30.9 Å². The highest BCUT2D eigenvalue weighted by Crippen LogP contribution is 2.47. The van der Waals surface area contributed by atoms with Gasteiger partial charge < -0.3 is 4.74 Å². The highest BCUT2D eigenvalue weighted by molar-refractivity contribution is 7.92. The van der Waals surface area contributed by atoms with Crippen molar-refractivity contribution in [2.45, 2.75) is 30.7 Å². The third kappa shape index (κ3) is 2.42. The zero-order valence-corrected chi connectivity index (χ0v) is 14.1. The Hall–Kier alpha value is -1.87. The normalized spacial score (nSPS) is 25.5. The van der Waals surface area contributed by atoms with Crippen molar-refractivity contribution in [1.82, 2.24) is 14.8 Å². The Balaban J connectivity index is 2.25. The van der Waals surface area contributed by atoms with E-state index in [2.05, 4.69) is 10.1 Å². The summed E-state index contributed by atoms with van der Waals surface area (Å²) in [4.78, 5) is 3.83. The summed E-state index contributed by atoms with van der Waals surface area (Å²) in [5.41, 5.74) is -1.58. The second kappa shape index (κ2) is 5.59. The van der Waals surface area contributed by atoms with Gasteiger partial charge in [0.05, 0.1) is 18.9 Å². The van der Waals surface area contributed by atoms with E-state index in [1.54, 1.807) is 0 Å². The molecule has 24 heavy (non-hydrogen) atoms. The number of ether oxygens (including phenoxy) is 1. The van der Waals surface area contributed by atoms with Crippen LogP contribution in [0.4, 0.5) is 8.78 Å². The van der Waals surface area contributed by atoms with Gasteiger partial charge in [0, 0.05) is 11.6 Å². The summed E-state index contributed by atoms with van der Waals surface area (Å²) in [5.74, 6) is -1.77. The molecule has 2 heterocycles. The molecule has 0 bridgehead atoms. The summed E-state index contributed by atoms with van der Waals surface area (Å²) >= 11 is 0. The molecule has 0 radical (unpaired) electrons. The van der Waals surface area contributed by atoms with Crippen LogP contribution in [0.1, 0.15) is 19.4 Å². The summed E-state index contributed by atoms with van der Waals surface area (Å²) in [6.45, 7) is 2.82. The van der Waals surface area contributed by atoms with Gasteiger partial charge in [-0.25, -0.2) is 26.9 Å². The van der Waals surface area contributed by atoms with Crippen molar-refractivity contribution in [3.05, 3.63) is 48.1 Å². The first kappa shape index (κ1) is 17.0.